The predicted octanol–water partition coefficient (Wildman–Crippen LogP) is 0.0234. The Labute approximate surface area is 146 Å². The number of ether oxygens (including phenoxy) is 1. The van der Waals surface area contributed by atoms with Crippen LogP contribution in [0.1, 0.15) is 18.4 Å². The number of halogens is 1. The van der Waals surface area contributed by atoms with Gasteiger partial charge in [-0.1, -0.05) is 6.07 Å². The molecule has 2 amide bonds. The van der Waals surface area contributed by atoms with E-state index in [0.717, 1.165) is 0 Å². The van der Waals surface area contributed by atoms with Crippen LogP contribution >= 0.6 is 0 Å². The molecule has 1 aromatic rings. The van der Waals surface area contributed by atoms with Crippen LogP contribution in [0.2, 0.25) is 0 Å². The van der Waals surface area contributed by atoms with Crippen molar-refractivity contribution in [1.82, 2.24) is 15.5 Å². The van der Waals surface area contributed by atoms with Crippen LogP contribution in [-0.4, -0.2) is 61.2 Å². The van der Waals surface area contributed by atoms with Gasteiger partial charge in [0.05, 0.1) is 19.6 Å². The third-order valence-electron chi connectivity index (χ3n) is 4.11. The lowest BCUT2D eigenvalue weighted by Crippen LogP contribution is -2.56. The molecule has 1 saturated heterocycles. The summed E-state index contributed by atoms with van der Waals surface area (Å²) < 4.78 is 19.2. The summed E-state index contributed by atoms with van der Waals surface area (Å²) in [6.45, 7) is 1.58. The van der Waals surface area contributed by atoms with Gasteiger partial charge in [-0.05, 0) is 12.5 Å². The second-order valence-electron chi connectivity index (χ2n) is 5.87. The van der Waals surface area contributed by atoms with Crippen molar-refractivity contribution >= 4 is 11.8 Å². The van der Waals surface area contributed by atoms with Crippen molar-refractivity contribution in [3.63, 3.8) is 0 Å². The van der Waals surface area contributed by atoms with Crippen molar-refractivity contribution in [3.05, 3.63) is 29.6 Å². The topological polar surface area (TPSA) is 90.9 Å². The van der Waals surface area contributed by atoms with E-state index in [-0.39, 0.29) is 31.4 Å². The van der Waals surface area contributed by atoms with Gasteiger partial charge < -0.3 is 20.5 Å². The molecule has 0 spiro atoms. The number of aliphatic hydroxyl groups excluding tert-OH is 1. The minimum Gasteiger partial charge on any atom is -0.497 e. The van der Waals surface area contributed by atoms with E-state index >= 15 is 0 Å². The maximum absolute atomic E-state index is 14.2. The highest BCUT2D eigenvalue weighted by molar-refractivity contribution is 5.88. The van der Waals surface area contributed by atoms with E-state index in [9.17, 15) is 14.0 Å². The first-order chi connectivity index (χ1) is 12.0. The maximum atomic E-state index is 14.2. The van der Waals surface area contributed by atoms with Crippen LogP contribution in [0.4, 0.5) is 4.39 Å². The summed E-state index contributed by atoms with van der Waals surface area (Å²) in [6.07, 6.45) is 0.457. The van der Waals surface area contributed by atoms with Crippen LogP contribution < -0.4 is 15.4 Å². The number of hydrogen-bond acceptors (Lipinski definition) is 5. The quantitative estimate of drug-likeness (QED) is 0.574. The molecule has 3 N–H and O–H groups in total. The number of methoxy groups -OCH3 is 1. The molecule has 1 unspecified atom stereocenters. The lowest BCUT2D eigenvalue weighted by Gasteiger charge is -2.34. The van der Waals surface area contributed by atoms with Crippen molar-refractivity contribution < 1.29 is 23.8 Å². The molecule has 1 aromatic carbocycles. The van der Waals surface area contributed by atoms with E-state index in [4.69, 9.17) is 9.84 Å². The number of amides is 2. The third kappa shape index (κ3) is 5.40. The fourth-order valence-electron chi connectivity index (χ4n) is 2.73. The van der Waals surface area contributed by atoms with E-state index in [1.807, 2.05) is 0 Å². The molecule has 7 nitrogen and oxygen atoms in total. The Hall–Kier alpha value is -2.19. The molecule has 0 saturated carbocycles. The van der Waals surface area contributed by atoms with E-state index in [0.29, 0.717) is 37.4 Å². The lowest BCUT2D eigenvalue weighted by atomic mass is 10.1. The number of carbonyl (C=O) groups excluding carboxylic acids is 2. The molecule has 1 atom stereocenters. The number of carbonyl (C=O) groups is 2. The normalized spacial score (nSPS) is 17.9. The molecule has 8 heteroatoms. The van der Waals surface area contributed by atoms with E-state index in [2.05, 4.69) is 10.6 Å². The second kappa shape index (κ2) is 9.33. The van der Waals surface area contributed by atoms with Crippen molar-refractivity contribution in [2.24, 2.45) is 0 Å². The predicted molar refractivity (Wildman–Crippen MR) is 89.5 cm³/mol. The summed E-state index contributed by atoms with van der Waals surface area (Å²) >= 11 is 0. The fraction of sp³-hybridized carbons (Fsp3) is 0.529. The molecule has 138 valence electrons. The van der Waals surface area contributed by atoms with Gasteiger partial charge in [-0.3, -0.25) is 14.5 Å². The Balaban J connectivity index is 2.03. The molecule has 0 radical (unpaired) electrons. The van der Waals surface area contributed by atoms with Crippen molar-refractivity contribution in [2.45, 2.75) is 25.4 Å². The molecule has 1 aliphatic rings. The maximum Gasteiger partial charge on any atom is 0.237 e. The molecule has 0 aliphatic carbocycles. The molecule has 1 heterocycles. The number of benzene rings is 1. The first-order valence-corrected chi connectivity index (χ1v) is 8.27. The second-order valence-corrected chi connectivity index (χ2v) is 5.87. The Morgan fingerprint density at radius 2 is 2.32 bits per heavy atom. The van der Waals surface area contributed by atoms with Gasteiger partial charge >= 0.3 is 0 Å². The monoisotopic (exact) mass is 353 g/mol. The Kier molecular flexibility index (Phi) is 7.15. The zero-order valence-electron chi connectivity index (χ0n) is 14.3. The lowest BCUT2D eigenvalue weighted by molar-refractivity contribution is -0.134. The number of nitrogens with one attached hydrogen (secondary N) is 2. The molecular weight excluding hydrogens is 329 g/mol. The van der Waals surface area contributed by atoms with Crippen LogP contribution in [0.5, 0.6) is 5.75 Å². The van der Waals surface area contributed by atoms with Crippen LogP contribution in [0.25, 0.3) is 0 Å². The summed E-state index contributed by atoms with van der Waals surface area (Å²) in [4.78, 5) is 26.0. The smallest absolute Gasteiger partial charge is 0.237 e. The zero-order chi connectivity index (χ0) is 18.2. The molecular formula is C17H24FN3O4. The Bertz CT molecular complexity index is 612. The molecule has 0 bridgehead atoms. The first kappa shape index (κ1) is 19.1. The average molecular weight is 353 g/mol. The minimum atomic E-state index is -0.649. The SMILES string of the molecule is COc1ccc(CN2CCNC(=O)C2CC(=O)NCCCO)c(F)c1. The molecule has 1 aliphatic heterocycles. The van der Waals surface area contributed by atoms with E-state index < -0.39 is 11.9 Å². The van der Waals surface area contributed by atoms with Gasteiger partial charge in [-0.25, -0.2) is 4.39 Å². The third-order valence-corrected chi connectivity index (χ3v) is 4.11. The van der Waals surface area contributed by atoms with E-state index in [1.165, 1.54) is 13.2 Å². The highest BCUT2D eigenvalue weighted by Crippen LogP contribution is 2.20. The van der Waals surface area contributed by atoms with Crippen LogP contribution in [0, 0.1) is 5.82 Å². The number of nitrogens with zero attached hydrogens (tertiary/aromatic N) is 1. The van der Waals surface area contributed by atoms with Gasteiger partial charge in [0.25, 0.3) is 0 Å². The summed E-state index contributed by atoms with van der Waals surface area (Å²) in [5.74, 6) is -0.484. The molecule has 1 fully saturated rings. The Morgan fingerprint density at radius 3 is 3.00 bits per heavy atom. The molecule has 25 heavy (non-hydrogen) atoms. The average Bonchev–Trinajstić information content (AvgIpc) is 2.59. The standard InChI is InChI=1S/C17H24FN3O4/c1-25-13-4-3-12(14(18)9-13)11-21-7-6-20-17(24)15(21)10-16(23)19-5-2-8-22/h3-4,9,15,22H,2,5-8,10-11H2,1H3,(H,19,23)(H,20,24). The minimum absolute atomic E-state index is 0.00492. The van der Waals surface area contributed by atoms with E-state index in [1.54, 1.807) is 17.0 Å². The summed E-state index contributed by atoms with van der Waals surface area (Å²) in [5, 5.41) is 14.1. The van der Waals surface area contributed by atoms with Gasteiger partial charge in [0.2, 0.25) is 11.8 Å². The van der Waals surface area contributed by atoms with Gasteiger partial charge in [0.1, 0.15) is 11.6 Å². The summed E-state index contributed by atoms with van der Waals surface area (Å²) in [6, 6.07) is 3.94. The number of aliphatic hydroxyl groups is 1. The molecule has 0 aromatic heterocycles. The van der Waals surface area contributed by atoms with Crippen molar-refractivity contribution in [2.75, 3.05) is 33.4 Å². The van der Waals surface area contributed by atoms with Crippen LogP contribution in [0.3, 0.4) is 0 Å². The zero-order valence-corrected chi connectivity index (χ0v) is 14.3. The van der Waals surface area contributed by atoms with Crippen LogP contribution in [-0.2, 0) is 16.1 Å². The highest BCUT2D eigenvalue weighted by Gasteiger charge is 2.31. The first-order valence-electron chi connectivity index (χ1n) is 8.27. The van der Waals surface area contributed by atoms with Gasteiger partial charge in [-0.2, -0.15) is 0 Å². The summed E-state index contributed by atoms with van der Waals surface area (Å²) in [7, 11) is 1.47. The fourth-order valence-corrected chi connectivity index (χ4v) is 2.73. The van der Waals surface area contributed by atoms with Crippen LogP contribution in [0.15, 0.2) is 18.2 Å². The van der Waals surface area contributed by atoms with Crippen molar-refractivity contribution in [1.29, 1.82) is 0 Å². The van der Waals surface area contributed by atoms with Gasteiger partial charge in [-0.15, -0.1) is 0 Å². The largest absolute Gasteiger partial charge is 0.497 e. The number of piperazine rings is 1. The number of rotatable bonds is 8. The van der Waals surface area contributed by atoms with Crippen molar-refractivity contribution in [3.8, 4) is 5.75 Å². The highest BCUT2D eigenvalue weighted by atomic mass is 19.1. The van der Waals surface area contributed by atoms with Gasteiger partial charge in [0, 0.05) is 44.4 Å². The number of hydrogen-bond donors (Lipinski definition) is 3. The molecule has 2 rings (SSSR count). The Morgan fingerprint density at radius 1 is 1.52 bits per heavy atom. The summed E-state index contributed by atoms with van der Waals surface area (Å²) in [5.41, 5.74) is 0.446. The van der Waals surface area contributed by atoms with Gasteiger partial charge in [0.15, 0.2) is 0 Å².